The van der Waals surface area contributed by atoms with E-state index >= 15 is 0 Å². The van der Waals surface area contributed by atoms with Crippen molar-refractivity contribution in [3.63, 3.8) is 0 Å². The van der Waals surface area contributed by atoms with Crippen molar-refractivity contribution in [3.8, 4) is 0 Å². The minimum absolute atomic E-state index is 0.332. The minimum Gasteiger partial charge on any atom is -0.370 e. The van der Waals surface area contributed by atoms with E-state index in [-0.39, 0.29) is 0 Å². The van der Waals surface area contributed by atoms with Crippen molar-refractivity contribution in [1.29, 1.82) is 0 Å². The minimum atomic E-state index is 0.332. The van der Waals surface area contributed by atoms with Gasteiger partial charge in [0.05, 0.1) is 6.04 Å². The molecule has 0 heterocycles. The average Bonchev–Trinajstić information content (AvgIpc) is 2.29. The van der Waals surface area contributed by atoms with Gasteiger partial charge in [-0.15, -0.1) is 0 Å². The lowest BCUT2D eigenvalue weighted by Crippen LogP contribution is -2.36. The number of rotatable bonds is 1. The molecule has 3 nitrogen and oxygen atoms in total. The van der Waals surface area contributed by atoms with E-state index in [1.165, 1.54) is 24.0 Å². The molecule has 0 spiro atoms. The van der Waals surface area contributed by atoms with Crippen LogP contribution in [0, 0.1) is 0 Å². The van der Waals surface area contributed by atoms with E-state index in [4.69, 9.17) is 5.73 Å². The predicted molar refractivity (Wildman–Crippen MR) is 62.8 cm³/mol. The summed E-state index contributed by atoms with van der Waals surface area (Å²) in [6, 6.07) is 8.88. The molecule has 1 aliphatic rings. The summed E-state index contributed by atoms with van der Waals surface area (Å²) in [5, 5.41) is 3.25. The number of nitrogens with zero attached hydrogens (tertiary/aromatic N) is 1. The summed E-state index contributed by atoms with van der Waals surface area (Å²) in [5.74, 6) is 0.525. The lowest BCUT2D eigenvalue weighted by atomic mass is 9.88. The van der Waals surface area contributed by atoms with Crippen LogP contribution in [0.2, 0.25) is 0 Å². The predicted octanol–water partition coefficient (Wildman–Crippen LogP) is 1.60. The first-order valence-corrected chi connectivity index (χ1v) is 5.38. The number of hydrogen-bond donors (Lipinski definition) is 2. The molecular formula is C12H17N3. The van der Waals surface area contributed by atoms with Crippen LogP contribution < -0.4 is 11.1 Å². The molecule has 3 heteroatoms. The molecule has 3 N–H and O–H groups in total. The van der Waals surface area contributed by atoms with Crippen LogP contribution in [0.3, 0.4) is 0 Å². The van der Waals surface area contributed by atoms with Crippen molar-refractivity contribution in [3.05, 3.63) is 35.4 Å². The molecule has 0 bridgehead atoms. The lowest BCUT2D eigenvalue weighted by Gasteiger charge is -2.26. The van der Waals surface area contributed by atoms with Gasteiger partial charge in [0.2, 0.25) is 0 Å². The van der Waals surface area contributed by atoms with Gasteiger partial charge in [-0.05, 0) is 30.4 Å². The number of aryl methyl sites for hydroxylation is 1. The molecule has 15 heavy (non-hydrogen) atoms. The van der Waals surface area contributed by atoms with Crippen LogP contribution in [0.5, 0.6) is 0 Å². The van der Waals surface area contributed by atoms with Crippen LogP contribution in [-0.4, -0.2) is 13.0 Å². The van der Waals surface area contributed by atoms with Gasteiger partial charge >= 0.3 is 0 Å². The fourth-order valence-corrected chi connectivity index (χ4v) is 2.15. The molecule has 1 atom stereocenters. The highest BCUT2D eigenvalue weighted by Gasteiger charge is 2.19. The molecule has 0 saturated heterocycles. The van der Waals surface area contributed by atoms with Gasteiger partial charge in [-0.2, -0.15) is 0 Å². The Kier molecular flexibility index (Phi) is 2.90. The fourth-order valence-electron chi connectivity index (χ4n) is 2.15. The van der Waals surface area contributed by atoms with Gasteiger partial charge in [0, 0.05) is 7.05 Å². The van der Waals surface area contributed by atoms with Crippen LogP contribution in [0.1, 0.15) is 30.0 Å². The molecule has 1 aromatic carbocycles. The molecule has 80 valence electrons. The topological polar surface area (TPSA) is 50.4 Å². The Balaban J connectivity index is 2.22. The number of nitrogens with one attached hydrogen (secondary N) is 1. The van der Waals surface area contributed by atoms with Crippen molar-refractivity contribution in [2.45, 2.75) is 25.3 Å². The Morgan fingerprint density at radius 2 is 2.27 bits per heavy atom. The first-order valence-electron chi connectivity index (χ1n) is 5.38. The standard InChI is InChI=1S/C12H17N3/c1-14-12(13)15-11-8-4-6-9-5-2-3-7-10(9)11/h2-3,5,7,11H,4,6,8H2,1H3,(H3,13,14,15). The average molecular weight is 203 g/mol. The molecule has 2 rings (SSSR count). The summed E-state index contributed by atoms with van der Waals surface area (Å²) in [6.07, 6.45) is 3.52. The summed E-state index contributed by atoms with van der Waals surface area (Å²) in [7, 11) is 1.71. The van der Waals surface area contributed by atoms with Crippen molar-refractivity contribution in [2.24, 2.45) is 10.7 Å². The third-order valence-electron chi connectivity index (χ3n) is 2.93. The lowest BCUT2D eigenvalue weighted by molar-refractivity contribution is 0.525. The van der Waals surface area contributed by atoms with Crippen LogP contribution >= 0.6 is 0 Å². The molecule has 0 saturated carbocycles. The summed E-state index contributed by atoms with van der Waals surface area (Å²) in [5.41, 5.74) is 8.51. The van der Waals surface area contributed by atoms with Crippen LogP contribution in [0.15, 0.2) is 29.3 Å². The first-order chi connectivity index (χ1) is 7.31. The molecule has 0 fully saturated rings. The fraction of sp³-hybridized carbons (Fsp3) is 0.417. The van der Waals surface area contributed by atoms with Gasteiger partial charge in [0.1, 0.15) is 0 Å². The van der Waals surface area contributed by atoms with E-state index in [0.717, 1.165) is 6.42 Å². The maximum absolute atomic E-state index is 5.70. The largest absolute Gasteiger partial charge is 0.370 e. The zero-order valence-corrected chi connectivity index (χ0v) is 9.03. The Morgan fingerprint density at radius 3 is 3.07 bits per heavy atom. The molecule has 0 aliphatic heterocycles. The number of benzene rings is 1. The number of aliphatic imine (C=N–C) groups is 1. The van der Waals surface area contributed by atoms with Crippen molar-refractivity contribution >= 4 is 5.96 Å². The highest BCUT2D eigenvalue weighted by atomic mass is 15.1. The zero-order valence-electron chi connectivity index (χ0n) is 9.03. The first kappa shape index (κ1) is 10.0. The van der Waals surface area contributed by atoms with E-state index in [1.54, 1.807) is 7.05 Å². The Labute approximate surface area is 90.4 Å². The maximum Gasteiger partial charge on any atom is 0.188 e. The quantitative estimate of drug-likeness (QED) is 0.538. The smallest absolute Gasteiger partial charge is 0.188 e. The Bertz CT molecular complexity index is 371. The molecule has 0 radical (unpaired) electrons. The Morgan fingerprint density at radius 1 is 1.47 bits per heavy atom. The van der Waals surface area contributed by atoms with E-state index in [2.05, 4.69) is 34.6 Å². The second-order valence-electron chi connectivity index (χ2n) is 3.90. The summed E-state index contributed by atoms with van der Waals surface area (Å²) in [4.78, 5) is 3.94. The van der Waals surface area contributed by atoms with E-state index < -0.39 is 0 Å². The van der Waals surface area contributed by atoms with Crippen LogP contribution in [-0.2, 0) is 6.42 Å². The van der Waals surface area contributed by atoms with Crippen molar-refractivity contribution < 1.29 is 0 Å². The molecular weight excluding hydrogens is 186 g/mol. The van der Waals surface area contributed by atoms with Gasteiger partial charge in [-0.3, -0.25) is 4.99 Å². The van der Waals surface area contributed by atoms with Crippen LogP contribution in [0.4, 0.5) is 0 Å². The normalized spacial score (nSPS) is 20.9. The second-order valence-corrected chi connectivity index (χ2v) is 3.90. The molecule has 0 amide bonds. The third-order valence-corrected chi connectivity index (χ3v) is 2.93. The summed E-state index contributed by atoms with van der Waals surface area (Å²) >= 11 is 0. The Hall–Kier alpha value is -1.51. The van der Waals surface area contributed by atoms with E-state index in [1.807, 2.05) is 0 Å². The highest BCUT2D eigenvalue weighted by molar-refractivity contribution is 5.78. The number of nitrogens with two attached hydrogens (primary N) is 1. The van der Waals surface area contributed by atoms with Gasteiger partial charge in [0.15, 0.2) is 5.96 Å². The SMILES string of the molecule is CN=C(N)NC1CCCc2ccccc21. The maximum atomic E-state index is 5.70. The number of guanidine groups is 1. The van der Waals surface area contributed by atoms with Crippen LogP contribution in [0.25, 0.3) is 0 Å². The van der Waals surface area contributed by atoms with Gasteiger partial charge in [-0.25, -0.2) is 0 Å². The van der Waals surface area contributed by atoms with Gasteiger partial charge in [-0.1, -0.05) is 24.3 Å². The molecule has 1 aliphatic carbocycles. The summed E-state index contributed by atoms with van der Waals surface area (Å²) in [6.45, 7) is 0. The zero-order chi connectivity index (χ0) is 10.7. The number of fused-ring (bicyclic) bond motifs is 1. The van der Waals surface area contributed by atoms with E-state index in [9.17, 15) is 0 Å². The van der Waals surface area contributed by atoms with Gasteiger partial charge in [0.25, 0.3) is 0 Å². The summed E-state index contributed by atoms with van der Waals surface area (Å²) < 4.78 is 0. The molecule has 0 aromatic heterocycles. The molecule has 1 unspecified atom stereocenters. The monoisotopic (exact) mass is 203 g/mol. The van der Waals surface area contributed by atoms with Crippen molar-refractivity contribution in [1.82, 2.24) is 5.32 Å². The third kappa shape index (κ3) is 2.12. The van der Waals surface area contributed by atoms with E-state index in [0.29, 0.717) is 12.0 Å². The number of hydrogen-bond acceptors (Lipinski definition) is 1. The van der Waals surface area contributed by atoms with Crippen molar-refractivity contribution in [2.75, 3.05) is 7.05 Å². The highest BCUT2D eigenvalue weighted by Crippen LogP contribution is 2.28. The second kappa shape index (κ2) is 4.34. The molecule has 1 aromatic rings. The van der Waals surface area contributed by atoms with Gasteiger partial charge < -0.3 is 11.1 Å².